The maximum Gasteiger partial charge on any atom is 0.264 e. The van der Waals surface area contributed by atoms with Crippen LogP contribution in [0.25, 0.3) is 0 Å². The van der Waals surface area contributed by atoms with E-state index in [1.165, 1.54) is 83.5 Å². The van der Waals surface area contributed by atoms with Crippen LogP contribution in [0.15, 0.2) is 0 Å². The summed E-state index contributed by atoms with van der Waals surface area (Å²) in [5.41, 5.74) is 0. The van der Waals surface area contributed by atoms with Gasteiger partial charge in [-0.15, -0.1) is 0 Å². The zero-order valence-electron chi connectivity index (χ0n) is 16.1. The lowest BCUT2D eigenvalue weighted by molar-refractivity contribution is 0.0993. The fourth-order valence-electron chi connectivity index (χ4n) is 2.75. The summed E-state index contributed by atoms with van der Waals surface area (Å²) in [6, 6.07) is 0. The molecule has 0 spiro atoms. The molecule has 0 saturated heterocycles. The van der Waals surface area contributed by atoms with Crippen LogP contribution in [0.5, 0.6) is 0 Å². The van der Waals surface area contributed by atoms with Crippen LogP contribution in [-0.2, 0) is 19.0 Å². The molecule has 0 bridgehead atoms. The van der Waals surface area contributed by atoms with Gasteiger partial charge in [-0.25, -0.2) is 0 Å². The van der Waals surface area contributed by atoms with Crippen molar-refractivity contribution in [1.82, 2.24) is 0 Å². The Hall–Kier alpha value is -0.130. The molecule has 0 atom stereocenters. The van der Waals surface area contributed by atoms with E-state index in [0.717, 1.165) is 12.7 Å². The van der Waals surface area contributed by atoms with Crippen LogP contribution in [-0.4, -0.2) is 34.5 Å². The number of unbranched alkanes of at least 4 members (excludes halogenated alkanes) is 13. The van der Waals surface area contributed by atoms with E-state index in [9.17, 15) is 8.42 Å². The maximum atomic E-state index is 10.7. The van der Waals surface area contributed by atoms with E-state index in [1.54, 1.807) is 0 Å². The minimum atomic E-state index is -3.33. The first kappa shape index (κ1) is 23.9. The summed E-state index contributed by atoms with van der Waals surface area (Å²) >= 11 is 0. The lowest BCUT2D eigenvalue weighted by Crippen LogP contribution is -2.10. The summed E-state index contributed by atoms with van der Waals surface area (Å²) in [5.74, 6) is 0. The molecule has 0 saturated carbocycles. The van der Waals surface area contributed by atoms with Crippen molar-refractivity contribution in [2.45, 2.75) is 96.8 Å². The molecule has 0 amide bonds. The summed E-state index contributed by atoms with van der Waals surface area (Å²) in [5, 5.41) is 0. The van der Waals surface area contributed by atoms with Crippen molar-refractivity contribution >= 4 is 10.1 Å². The zero-order chi connectivity index (χ0) is 17.9. The lowest BCUT2D eigenvalue weighted by atomic mass is 10.0. The second-order valence-electron chi connectivity index (χ2n) is 6.73. The van der Waals surface area contributed by atoms with Crippen LogP contribution >= 0.6 is 0 Å². The van der Waals surface area contributed by atoms with E-state index in [0.29, 0.717) is 13.2 Å². The van der Waals surface area contributed by atoms with Gasteiger partial charge in [-0.3, -0.25) is 4.18 Å². The van der Waals surface area contributed by atoms with E-state index in [1.807, 2.05) is 0 Å². The average molecular weight is 365 g/mol. The molecule has 0 aliphatic rings. The van der Waals surface area contributed by atoms with E-state index < -0.39 is 10.1 Å². The highest BCUT2D eigenvalue weighted by Gasteiger charge is 2.00. The van der Waals surface area contributed by atoms with Crippen LogP contribution < -0.4 is 0 Å². The number of rotatable bonds is 19. The predicted molar refractivity (Wildman–Crippen MR) is 102 cm³/mol. The molecular formula is C19H40O4S. The second-order valence-corrected chi connectivity index (χ2v) is 8.38. The second kappa shape index (κ2) is 17.7. The average Bonchev–Trinajstić information content (AvgIpc) is 2.52. The maximum absolute atomic E-state index is 10.7. The highest BCUT2D eigenvalue weighted by molar-refractivity contribution is 7.85. The lowest BCUT2D eigenvalue weighted by Gasteiger charge is -2.05. The van der Waals surface area contributed by atoms with Crippen molar-refractivity contribution in [2.75, 3.05) is 26.1 Å². The zero-order valence-corrected chi connectivity index (χ0v) is 16.9. The normalized spacial score (nSPS) is 11.9. The van der Waals surface area contributed by atoms with Gasteiger partial charge in [0.1, 0.15) is 0 Å². The van der Waals surface area contributed by atoms with Crippen molar-refractivity contribution in [1.29, 1.82) is 0 Å². The van der Waals surface area contributed by atoms with Crippen LogP contribution in [0, 0.1) is 0 Å². The predicted octanol–water partition coefficient (Wildman–Crippen LogP) is 5.46. The van der Waals surface area contributed by atoms with Crippen LogP contribution in [0.3, 0.4) is 0 Å². The fraction of sp³-hybridized carbons (Fsp3) is 1.00. The van der Waals surface area contributed by atoms with Gasteiger partial charge < -0.3 is 4.74 Å². The molecule has 0 N–H and O–H groups in total. The van der Waals surface area contributed by atoms with Gasteiger partial charge in [0.25, 0.3) is 10.1 Å². The highest BCUT2D eigenvalue weighted by Crippen LogP contribution is 2.12. The Labute approximate surface area is 150 Å². The Morgan fingerprint density at radius 1 is 0.583 bits per heavy atom. The molecule has 0 aliphatic heterocycles. The molecular weight excluding hydrogens is 324 g/mol. The molecule has 146 valence electrons. The molecule has 0 fully saturated rings. The van der Waals surface area contributed by atoms with Crippen molar-refractivity contribution in [3.05, 3.63) is 0 Å². The van der Waals surface area contributed by atoms with Crippen LogP contribution in [0.1, 0.15) is 96.8 Å². The Morgan fingerprint density at radius 3 is 1.42 bits per heavy atom. The first-order valence-electron chi connectivity index (χ1n) is 9.98. The molecule has 4 nitrogen and oxygen atoms in total. The van der Waals surface area contributed by atoms with Gasteiger partial charge in [0, 0.05) is 6.61 Å². The molecule has 0 radical (unpaired) electrons. The number of hydrogen-bond donors (Lipinski definition) is 0. The van der Waals surface area contributed by atoms with Gasteiger partial charge in [-0.05, 0) is 6.42 Å². The summed E-state index contributed by atoms with van der Waals surface area (Å²) < 4.78 is 31.4. The fourth-order valence-corrected chi connectivity index (χ4v) is 3.12. The van der Waals surface area contributed by atoms with E-state index in [-0.39, 0.29) is 6.61 Å². The Kier molecular flexibility index (Phi) is 17.6. The van der Waals surface area contributed by atoms with E-state index in [4.69, 9.17) is 4.74 Å². The van der Waals surface area contributed by atoms with Gasteiger partial charge in [-0.1, -0.05) is 90.4 Å². The monoisotopic (exact) mass is 364 g/mol. The Morgan fingerprint density at radius 2 is 1.00 bits per heavy atom. The van der Waals surface area contributed by atoms with Crippen molar-refractivity contribution in [3.8, 4) is 0 Å². The standard InChI is InChI=1S/C19H40O4S/c1-3-4-5-6-7-8-9-10-11-12-13-14-15-16-17-22-18-19-23-24(2,20)21/h3-19H2,1-2H3. The van der Waals surface area contributed by atoms with Gasteiger partial charge in [-0.2, -0.15) is 8.42 Å². The third kappa shape index (κ3) is 21.9. The number of ether oxygens (including phenoxy) is 1. The minimum absolute atomic E-state index is 0.122. The quantitative estimate of drug-likeness (QED) is 0.225. The molecule has 0 unspecified atom stereocenters. The number of hydrogen-bond acceptors (Lipinski definition) is 4. The Balaban J connectivity index is 3.03. The third-order valence-electron chi connectivity index (χ3n) is 4.17. The largest absolute Gasteiger partial charge is 0.379 e. The van der Waals surface area contributed by atoms with Crippen molar-refractivity contribution in [3.63, 3.8) is 0 Å². The van der Waals surface area contributed by atoms with Gasteiger partial charge in [0.2, 0.25) is 0 Å². The van der Waals surface area contributed by atoms with E-state index in [2.05, 4.69) is 11.1 Å². The minimum Gasteiger partial charge on any atom is -0.379 e. The van der Waals surface area contributed by atoms with Crippen LogP contribution in [0.2, 0.25) is 0 Å². The van der Waals surface area contributed by atoms with Crippen LogP contribution in [0.4, 0.5) is 0 Å². The van der Waals surface area contributed by atoms with Crippen molar-refractivity contribution < 1.29 is 17.3 Å². The molecule has 0 aromatic carbocycles. The molecule has 0 aliphatic carbocycles. The molecule has 0 rings (SSSR count). The summed E-state index contributed by atoms with van der Waals surface area (Å²) in [7, 11) is -3.33. The highest BCUT2D eigenvalue weighted by atomic mass is 32.2. The summed E-state index contributed by atoms with van der Waals surface area (Å²) in [6.45, 7) is 3.44. The molecule has 24 heavy (non-hydrogen) atoms. The van der Waals surface area contributed by atoms with Gasteiger partial charge in [0.15, 0.2) is 0 Å². The molecule has 0 aromatic heterocycles. The van der Waals surface area contributed by atoms with Gasteiger partial charge >= 0.3 is 0 Å². The van der Waals surface area contributed by atoms with Gasteiger partial charge in [0.05, 0.1) is 19.5 Å². The van der Waals surface area contributed by atoms with E-state index >= 15 is 0 Å². The molecule has 0 aromatic rings. The SMILES string of the molecule is CCCCCCCCCCCCCCCCOCCOS(C)(=O)=O. The topological polar surface area (TPSA) is 52.6 Å². The first-order valence-corrected chi connectivity index (χ1v) is 11.8. The summed E-state index contributed by atoms with van der Waals surface area (Å²) in [4.78, 5) is 0. The molecule has 0 heterocycles. The first-order chi connectivity index (χ1) is 11.6. The van der Waals surface area contributed by atoms with Crippen molar-refractivity contribution in [2.24, 2.45) is 0 Å². The summed E-state index contributed by atoms with van der Waals surface area (Å²) in [6.07, 6.45) is 19.9. The third-order valence-corrected chi connectivity index (χ3v) is 4.76. The smallest absolute Gasteiger partial charge is 0.264 e. The molecule has 5 heteroatoms. The Bertz CT molecular complexity index is 341.